The normalized spacial score (nSPS) is 22.7. The van der Waals surface area contributed by atoms with Gasteiger partial charge in [-0.15, -0.1) is 0 Å². The second kappa shape index (κ2) is 8.16. The van der Waals surface area contributed by atoms with Gasteiger partial charge in [0.1, 0.15) is 0 Å². The Morgan fingerprint density at radius 1 is 1.12 bits per heavy atom. The predicted octanol–water partition coefficient (Wildman–Crippen LogP) is 1.01. The minimum Gasteiger partial charge on any atom is -0.369 e. The first-order chi connectivity index (χ1) is 12.8. The molecule has 1 N–H and O–H groups in total. The Morgan fingerprint density at radius 3 is 2.69 bits per heavy atom. The molecule has 140 valence electrons. The summed E-state index contributed by atoms with van der Waals surface area (Å²) >= 11 is 0. The fourth-order valence-corrected chi connectivity index (χ4v) is 3.72. The zero-order chi connectivity index (χ0) is 17.8. The van der Waals surface area contributed by atoms with Crippen molar-refractivity contribution in [2.24, 2.45) is 0 Å². The van der Waals surface area contributed by atoms with E-state index in [1.54, 1.807) is 0 Å². The van der Waals surface area contributed by atoms with Gasteiger partial charge in [0.15, 0.2) is 5.82 Å². The molecule has 0 radical (unpaired) electrons. The van der Waals surface area contributed by atoms with Crippen LogP contribution in [0.5, 0.6) is 0 Å². The number of nitrogens with one attached hydrogen (secondary N) is 1. The lowest BCUT2D eigenvalue weighted by Crippen LogP contribution is -2.47. The summed E-state index contributed by atoms with van der Waals surface area (Å²) in [6.45, 7) is 8.18. The van der Waals surface area contributed by atoms with Crippen molar-refractivity contribution in [2.45, 2.75) is 12.5 Å². The fourth-order valence-electron chi connectivity index (χ4n) is 3.72. The first kappa shape index (κ1) is 17.5. The molecule has 7 heteroatoms. The molecule has 2 aliphatic rings. The van der Waals surface area contributed by atoms with Crippen LogP contribution in [0.3, 0.4) is 0 Å². The molecular formula is C19H28N6O. The number of anilines is 1. The van der Waals surface area contributed by atoms with Gasteiger partial charge < -0.3 is 14.7 Å². The number of piperazine rings is 2. The van der Waals surface area contributed by atoms with Gasteiger partial charge in [-0.2, -0.15) is 4.98 Å². The molecule has 0 amide bonds. The Labute approximate surface area is 155 Å². The summed E-state index contributed by atoms with van der Waals surface area (Å²) in [7, 11) is 2.12. The maximum atomic E-state index is 5.50. The Hall–Kier alpha value is -1.96. The van der Waals surface area contributed by atoms with Gasteiger partial charge in [-0.1, -0.05) is 23.4 Å². The van der Waals surface area contributed by atoms with Crippen LogP contribution < -0.4 is 10.2 Å². The van der Waals surface area contributed by atoms with E-state index < -0.39 is 0 Å². The molecule has 2 saturated heterocycles. The van der Waals surface area contributed by atoms with E-state index in [0.717, 1.165) is 70.5 Å². The monoisotopic (exact) mass is 356 g/mol. The third-order valence-corrected chi connectivity index (χ3v) is 5.43. The Bertz CT molecular complexity index is 682. The average molecular weight is 356 g/mol. The Morgan fingerprint density at radius 2 is 1.92 bits per heavy atom. The van der Waals surface area contributed by atoms with Crippen molar-refractivity contribution in [1.29, 1.82) is 0 Å². The van der Waals surface area contributed by atoms with Gasteiger partial charge in [0.25, 0.3) is 0 Å². The molecule has 2 aromatic rings. The molecule has 2 fully saturated rings. The van der Waals surface area contributed by atoms with E-state index in [0.29, 0.717) is 0 Å². The molecular weight excluding hydrogens is 328 g/mol. The van der Waals surface area contributed by atoms with Crippen molar-refractivity contribution in [1.82, 2.24) is 25.3 Å². The number of nitrogens with zero attached hydrogens (tertiary/aromatic N) is 5. The highest BCUT2D eigenvalue weighted by Gasteiger charge is 2.25. The predicted molar refractivity (Wildman–Crippen MR) is 101 cm³/mol. The number of hydrogen-bond donors (Lipinski definition) is 1. The summed E-state index contributed by atoms with van der Waals surface area (Å²) in [5.41, 5.74) is 1.32. The van der Waals surface area contributed by atoms with E-state index in [2.05, 4.69) is 67.5 Å². The van der Waals surface area contributed by atoms with Crippen LogP contribution in [0.1, 0.15) is 17.8 Å². The van der Waals surface area contributed by atoms with Gasteiger partial charge in [-0.25, -0.2) is 0 Å². The van der Waals surface area contributed by atoms with Crippen LogP contribution in [-0.2, 0) is 6.42 Å². The lowest BCUT2D eigenvalue weighted by atomic mass is 10.2. The first-order valence-electron chi connectivity index (χ1n) is 9.55. The summed E-state index contributed by atoms with van der Waals surface area (Å²) in [6, 6.07) is 10.9. The van der Waals surface area contributed by atoms with Crippen LogP contribution in [0.2, 0.25) is 0 Å². The molecule has 7 nitrogen and oxygen atoms in total. The minimum atomic E-state index is 0.218. The molecule has 0 aliphatic carbocycles. The number of para-hydroxylation sites is 1. The van der Waals surface area contributed by atoms with Crippen molar-refractivity contribution < 1.29 is 4.52 Å². The molecule has 2 aliphatic heterocycles. The van der Waals surface area contributed by atoms with Gasteiger partial charge in [-0.3, -0.25) is 9.80 Å². The van der Waals surface area contributed by atoms with Crippen LogP contribution in [0.15, 0.2) is 34.9 Å². The van der Waals surface area contributed by atoms with E-state index >= 15 is 0 Å². The van der Waals surface area contributed by atoms with Crippen LogP contribution in [0, 0.1) is 0 Å². The van der Waals surface area contributed by atoms with E-state index in [1.165, 1.54) is 5.69 Å². The van der Waals surface area contributed by atoms with Crippen LogP contribution in [-0.4, -0.2) is 79.3 Å². The molecule has 3 heterocycles. The zero-order valence-corrected chi connectivity index (χ0v) is 15.5. The minimum absolute atomic E-state index is 0.218. The summed E-state index contributed by atoms with van der Waals surface area (Å²) in [6.07, 6.45) is 0.822. The van der Waals surface area contributed by atoms with Gasteiger partial charge in [0, 0.05) is 64.5 Å². The molecule has 0 bridgehead atoms. The van der Waals surface area contributed by atoms with Crippen molar-refractivity contribution in [3.05, 3.63) is 42.0 Å². The molecule has 0 spiro atoms. The van der Waals surface area contributed by atoms with Gasteiger partial charge in [0.05, 0.1) is 6.04 Å². The standard InChI is InChI=1S/C19H28N6O/c1-23-10-8-20-15-17(23)19-21-18(26-22-19)7-9-24-11-13-25(14-12-24)16-5-3-2-4-6-16/h2-6,17,20H,7-15H2,1H3. The van der Waals surface area contributed by atoms with Gasteiger partial charge >= 0.3 is 0 Å². The van der Waals surface area contributed by atoms with Crippen LogP contribution in [0.4, 0.5) is 5.69 Å². The number of hydrogen-bond acceptors (Lipinski definition) is 7. The third-order valence-electron chi connectivity index (χ3n) is 5.43. The fraction of sp³-hybridized carbons (Fsp3) is 0.579. The molecule has 0 saturated carbocycles. The van der Waals surface area contributed by atoms with Gasteiger partial charge in [0.2, 0.25) is 5.89 Å². The first-order valence-corrected chi connectivity index (χ1v) is 9.55. The van der Waals surface area contributed by atoms with Crippen LogP contribution in [0.25, 0.3) is 0 Å². The number of likely N-dealkylation sites (N-methyl/N-ethyl adjacent to an activating group) is 1. The highest BCUT2D eigenvalue weighted by Crippen LogP contribution is 2.18. The highest BCUT2D eigenvalue weighted by atomic mass is 16.5. The van der Waals surface area contributed by atoms with Crippen molar-refractivity contribution in [2.75, 3.05) is 64.3 Å². The van der Waals surface area contributed by atoms with E-state index in [9.17, 15) is 0 Å². The molecule has 26 heavy (non-hydrogen) atoms. The lowest BCUT2D eigenvalue weighted by molar-refractivity contribution is 0.190. The summed E-state index contributed by atoms with van der Waals surface area (Å²) in [5, 5.41) is 7.61. The van der Waals surface area contributed by atoms with E-state index in [4.69, 9.17) is 4.52 Å². The maximum Gasteiger partial charge on any atom is 0.227 e. The van der Waals surface area contributed by atoms with Crippen LogP contribution >= 0.6 is 0 Å². The second-order valence-corrected chi connectivity index (χ2v) is 7.16. The Balaban J connectivity index is 1.25. The number of aromatic nitrogens is 2. The van der Waals surface area contributed by atoms with E-state index in [-0.39, 0.29) is 6.04 Å². The van der Waals surface area contributed by atoms with Crippen molar-refractivity contribution in [3.63, 3.8) is 0 Å². The van der Waals surface area contributed by atoms with Gasteiger partial charge in [-0.05, 0) is 19.2 Å². The largest absolute Gasteiger partial charge is 0.369 e. The van der Waals surface area contributed by atoms with E-state index in [1.807, 2.05) is 0 Å². The molecule has 1 atom stereocenters. The quantitative estimate of drug-likeness (QED) is 0.858. The molecule has 1 aromatic carbocycles. The average Bonchev–Trinajstić information content (AvgIpc) is 3.17. The maximum absolute atomic E-state index is 5.50. The summed E-state index contributed by atoms with van der Waals surface area (Å²) in [4.78, 5) is 11.9. The summed E-state index contributed by atoms with van der Waals surface area (Å²) in [5.74, 6) is 1.56. The number of rotatable bonds is 5. The smallest absolute Gasteiger partial charge is 0.227 e. The molecule has 4 rings (SSSR count). The second-order valence-electron chi connectivity index (χ2n) is 7.16. The SMILES string of the molecule is CN1CCNCC1c1noc(CCN2CCN(c3ccccc3)CC2)n1. The highest BCUT2D eigenvalue weighted by molar-refractivity contribution is 5.46. The zero-order valence-electron chi connectivity index (χ0n) is 15.5. The lowest BCUT2D eigenvalue weighted by Gasteiger charge is -2.35. The molecule has 1 unspecified atom stereocenters. The van der Waals surface area contributed by atoms with Crippen molar-refractivity contribution >= 4 is 5.69 Å². The molecule has 1 aromatic heterocycles. The summed E-state index contributed by atoms with van der Waals surface area (Å²) < 4.78 is 5.50. The third kappa shape index (κ3) is 4.06. The topological polar surface area (TPSA) is 60.7 Å². The number of benzene rings is 1. The Kier molecular flexibility index (Phi) is 5.48. The van der Waals surface area contributed by atoms with Crippen molar-refractivity contribution in [3.8, 4) is 0 Å².